The van der Waals surface area contributed by atoms with E-state index in [2.05, 4.69) is 5.32 Å². The zero-order chi connectivity index (χ0) is 13.2. The van der Waals surface area contributed by atoms with Gasteiger partial charge in [-0.25, -0.2) is 0 Å². The van der Waals surface area contributed by atoms with Crippen LogP contribution in [0.25, 0.3) is 0 Å². The molecule has 2 aliphatic carbocycles. The van der Waals surface area contributed by atoms with Crippen molar-refractivity contribution < 1.29 is 9.53 Å². The van der Waals surface area contributed by atoms with Crippen LogP contribution in [0.15, 0.2) is 24.3 Å². The summed E-state index contributed by atoms with van der Waals surface area (Å²) in [6.07, 6.45) is 3.77. The smallest absolute Gasteiger partial charge is 0.223 e. The molecule has 0 radical (unpaired) electrons. The van der Waals surface area contributed by atoms with E-state index in [1.807, 2.05) is 18.2 Å². The summed E-state index contributed by atoms with van der Waals surface area (Å²) < 4.78 is 5.54. The van der Waals surface area contributed by atoms with E-state index in [1.165, 1.54) is 19.3 Å². The van der Waals surface area contributed by atoms with Crippen LogP contribution in [-0.2, 0) is 4.79 Å². The Morgan fingerprint density at radius 3 is 2.79 bits per heavy atom. The van der Waals surface area contributed by atoms with Crippen molar-refractivity contribution in [3.63, 3.8) is 0 Å². The highest BCUT2D eigenvalue weighted by Gasteiger charge is 2.56. The van der Waals surface area contributed by atoms with Crippen molar-refractivity contribution in [2.45, 2.75) is 19.3 Å². The summed E-state index contributed by atoms with van der Waals surface area (Å²) in [4.78, 5) is 11.9. The average Bonchev–Trinajstić information content (AvgIpc) is 2.90. The number of amides is 1. The number of rotatable bonds is 5. The molecular weight excluding hydrogens is 240 g/mol. The van der Waals surface area contributed by atoms with Crippen LogP contribution < -0.4 is 15.8 Å². The number of anilines is 1. The SMILES string of the molecule is Nc1ccccc1OCCNC(=O)C1C2CCCC21. The van der Waals surface area contributed by atoms with Crippen molar-refractivity contribution in [2.75, 3.05) is 18.9 Å². The van der Waals surface area contributed by atoms with Gasteiger partial charge in [-0.2, -0.15) is 0 Å². The molecule has 0 heterocycles. The molecule has 3 N–H and O–H groups in total. The highest BCUT2D eigenvalue weighted by atomic mass is 16.5. The fraction of sp³-hybridized carbons (Fsp3) is 0.533. The largest absolute Gasteiger partial charge is 0.490 e. The third kappa shape index (κ3) is 2.53. The van der Waals surface area contributed by atoms with Crippen LogP contribution >= 0.6 is 0 Å². The number of hydrogen-bond donors (Lipinski definition) is 2. The summed E-state index contributed by atoms with van der Waals surface area (Å²) in [7, 11) is 0. The van der Waals surface area contributed by atoms with Gasteiger partial charge in [0.05, 0.1) is 12.2 Å². The van der Waals surface area contributed by atoms with Crippen molar-refractivity contribution in [1.82, 2.24) is 5.32 Å². The summed E-state index contributed by atoms with van der Waals surface area (Å²) in [6, 6.07) is 7.40. The summed E-state index contributed by atoms with van der Waals surface area (Å²) in [6.45, 7) is 1.01. The maximum atomic E-state index is 11.9. The third-order valence-electron chi connectivity index (χ3n) is 4.29. The first-order valence-electron chi connectivity index (χ1n) is 7.02. The molecule has 2 atom stereocenters. The number of benzene rings is 1. The quantitative estimate of drug-likeness (QED) is 0.627. The van der Waals surface area contributed by atoms with Gasteiger partial charge in [-0.3, -0.25) is 4.79 Å². The molecular formula is C15H20N2O2. The Kier molecular flexibility index (Phi) is 3.32. The molecule has 0 spiro atoms. The highest BCUT2D eigenvalue weighted by molar-refractivity contribution is 5.82. The number of carbonyl (C=O) groups is 1. The van der Waals surface area contributed by atoms with Gasteiger partial charge in [0, 0.05) is 5.92 Å². The number of fused-ring (bicyclic) bond motifs is 1. The molecule has 0 bridgehead atoms. The number of nitrogens with two attached hydrogens (primary N) is 1. The summed E-state index contributed by atoms with van der Waals surface area (Å²) in [5, 5.41) is 2.96. The number of hydrogen-bond acceptors (Lipinski definition) is 3. The van der Waals surface area contributed by atoms with E-state index >= 15 is 0 Å². The van der Waals surface area contributed by atoms with Gasteiger partial charge in [0.2, 0.25) is 5.91 Å². The first kappa shape index (κ1) is 12.3. The second kappa shape index (κ2) is 5.11. The van der Waals surface area contributed by atoms with Crippen LogP contribution in [0.4, 0.5) is 5.69 Å². The maximum Gasteiger partial charge on any atom is 0.223 e. The lowest BCUT2D eigenvalue weighted by Gasteiger charge is -2.10. The lowest BCUT2D eigenvalue weighted by atomic mass is 10.1. The van der Waals surface area contributed by atoms with Crippen molar-refractivity contribution in [3.05, 3.63) is 24.3 Å². The van der Waals surface area contributed by atoms with Crippen LogP contribution in [0, 0.1) is 17.8 Å². The van der Waals surface area contributed by atoms with Crippen LogP contribution in [0.2, 0.25) is 0 Å². The van der Waals surface area contributed by atoms with Gasteiger partial charge in [0.25, 0.3) is 0 Å². The molecule has 4 nitrogen and oxygen atoms in total. The van der Waals surface area contributed by atoms with E-state index in [-0.39, 0.29) is 11.8 Å². The second-order valence-electron chi connectivity index (χ2n) is 5.46. The molecule has 2 unspecified atom stereocenters. The molecule has 0 aliphatic heterocycles. The topological polar surface area (TPSA) is 64.3 Å². The highest BCUT2D eigenvalue weighted by Crippen LogP contribution is 2.57. The van der Waals surface area contributed by atoms with E-state index in [9.17, 15) is 4.79 Å². The Hall–Kier alpha value is -1.71. The minimum absolute atomic E-state index is 0.208. The Labute approximate surface area is 113 Å². The van der Waals surface area contributed by atoms with Crippen LogP contribution in [0.5, 0.6) is 5.75 Å². The normalized spacial score (nSPS) is 27.7. The molecule has 1 aromatic carbocycles. The zero-order valence-electron chi connectivity index (χ0n) is 11.0. The van der Waals surface area contributed by atoms with E-state index in [4.69, 9.17) is 10.5 Å². The van der Waals surface area contributed by atoms with Gasteiger partial charge >= 0.3 is 0 Å². The Balaban J connectivity index is 1.37. The van der Waals surface area contributed by atoms with Gasteiger partial charge in [0.15, 0.2) is 0 Å². The van der Waals surface area contributed by atoms with Crippen molar-refractivity contribution >= 4 is 11.6 Å². The predicted molar refractivity (Wildman–Crippen MR) is 73.7 cm³/mol. The predicted octanol–water partition coefficient (Wildman–Crippen LogP) is 1.81. The van der Waals surface area contributed by atoms with E-state index in [1.54, 1.807) is 6.07 Å². The molecule has 102 valence electrons. The standard InChI is InChI=1S/C15H20N2O2/c16-12-6-1-2-7-13(12)19-9-8-17-15(18)14-10-4-3-5-11(10)14/h1-2,6-7,10-11,14H,3-5,8-9,16H2,(H,17,18). The number of nitrogens with one attached hydrogen (secondary N) is 1. The number of ether oxygens (including phenoxy) is 1. The molecule has 1 amide bonds. The molecule has 1 aromatic rings. The molecule has 0 aromatic heterocycles. The Bertz CT molecular complexity index is 465. The lowest BCUT2D eigenvalue weighted by molar-refractivity contribution is -0.123. The monoisotopic (exact) mass is 260 g/mol. The van der Waals surface area contributed by atoms with Gasteiger partial charge < -0.3 is 15.8 Å². The molecule has 2 aliphatic rings. The Morgan fingerprint density at radius 2 is 2.05 bits per heavy atom. The van der Waals surface area contributed by atoms with Crippen molar-refractivity contribution in [1.29, 1.82) is 0 Å². The van der Waals surface area contributed by atoms with Gasteiger partial charge in [-0.15, -0.1) is 0 Å². The third-order valence-corrected chi connectivity index (χ3v) is 4.29. The number of nitrogen functional groups attached to an aromatic ring is 1. The van der Waals surface area contributed by atoms with Crippen LogP contribution in [-0.4, -0.2) is 19.1 Å². The fourth-order valence-corrected chi connectivity index (χ4v) is 3.28. The minimum Gasteiger partial charge on any atom is -0.490 e. The minimum atomic E-state index is 0.208. The molecule has 0 saturated heterocycles. The average molecular weight is 260 g/mol. The van der Waals surface area contributed by atoms with Gasteiger partial charge in [0.1, 0.15) is 12.4 Å². The Morgan fingerprint density at radius 1 is 1.32 bits per heavy atom. The number of para-hydroxylation sites is 2. The lowest BCUT2D eigenvalue weighted by Crippen LogP contribution is -2.30. The van der Waals surface area contributed by atoms with E-state index in [0.29, 0.717) is 36.4 Å². The maximum absolute atomic E-state index is 11.9. The van der Waals surface area contributed by atoms with Crippen LogP contribution in [0.1, 0.15) is 19.3 Å². The van der Waals surface area contributed by atoms with Gasteiger partial charge in [-0.1, -0.05) is 18.6 Å². The zero-order valence-corrected chi connectivity index (χ0v) is 11.0. The van der Waals surface area contributed by atoms with Crippen molar-refractivity contribution in [2.24, 2.45) is 17.8 Å². The van der Waals surface area contributed by atoms with Crippen LogP contribution in [0.3, 0.4) is 0 Å². The van der Waals surface area contributed by atoms with E-state index in [0.717, 1.165) is 0 Å². The molecule has 4 heteroatoms. The first-order valence-corrected chi connectivity index (χ1v) is 7.02. The van der Waals surface area contributed by atoms with E-state index < -0.39 is 0 Å². The summed E-state index contributed by atoms with van der Waals surface area (Å²) in [5.74, 6) is 2.52. The van der Waals surface area contributed by atoms with Crippen molar-refractivity contribution in [3.8, 4) is 5.75 Å². The summed E-state index contributed by atoms with van der Waals surface area (Å²) >= 11 is 0. The first-order chi connectivity index (χ1) is 9.27. The fourth-order valence-electron chi connectivity index (χ4n) is 3.28. The molecule has 3 rings (SSSR count). The van der Waals surface area contributed by atoms with Gasteiger partial charge in [-0.05, 0) is 36.8 Å². The molecule has 2 fully saturated rings. The molecule has 19 heavy (non-hydrogen) atoms. The summed E-state index contributed by atoms with van der Waals surface area (Å²) in [5.41, 5.74) is 6.40. The second-order valence-corrected chi connectivity index (χ2v) is 5.46. The number of carbonyl (C=O) groups excluding carboxylic acids is 1. The molecule has 2 saturated carbocycles.